The van der Waals surface area contributed by atoms with E-state index in [1.165, 1.54) is 11.1 Å². The van der Waals surface area contributed by atoms with E-state index in [4.69, 9.17) is 4.98 Å². The van der Waals surface area contributed by atoms with Crippen LogP contribution in [0, 0.1) is 0 Å². The van der Waals surface area contributed by atoms with Gasteiger partial charge >= 0.3 is 0 Å². The van der Waals surface area contributed by atoms with Gasteiger partial charge in [-0.1, -0.05) is 6.07 Å². The quantitative estimate of drug-likeness (QED) is 0.908. The summed E-state index contributed by atoms with van der Waals surface area (Å²) in [4.78, 5) is 15.7. The summed E-state index contributed by atoms with van der Waals surface area (Å²) in [5.41, 5.74) is 3.48. The molecule has 1 atom stereocenters. The Labute approximate surface area is 142 Å². The van der Waals surface area contributed by atoms with Gasteiger partial charge in [-0.15, -0.1) is 0 Å². The van der Waals surface area contributed by atoms with Crippen molar-refractivity contribution < 1.29 is 0 Å². The number of nitrogens with one attached hydrogen (secondary N) is 2. The van der Waals surface area contributed by atoms with Crippen LogP contribution < -0.4 is 15.5 Å². The minimum atomic E-state index is 0.448. The molecule has 1 unspecified atom stereocenters. The monoisotopic (exact) mass is 322 g/mol. The van der Waals surface area contributed by atoms with Gasteiger partial charge in [-0.3, -0.25) is 4.99 Å². The Morgan fingerprint density at radius 3 is 3.21 bits per heavy atom. The topological polar surface area (TPSA) is 65.4 Å². The summed E-state index contributed by atoms with van der Waals surface area (Å²) in [5.74, 6) is 1.61. The lowest BCUT2D eigenvalue weighted by molar-refractivity contribution is 0.582. The minimum absolute atomic E-state index is 0.448. The average molecular weight is 322 g/mol. The van der Waals surface area contributed by atoms with Crippen molar-refractivity contribution in [1.82, 2.24) is 15.3 Å². The van der Waals surface area contributed by atoms with Gasteiger partial charge in [0.1, 0.15) is 5.82 Å². The molecule has 2 aliphatic heterocycles. The molecule has 4 rings (SSSR count). The van der Waals surface area contributed by atoms with Crippen LogP contribution in [-0.4, -0.2) is 41.9 Å². The van der Waals surface area contributed by atoms with Gasteiger partial charge in [0, 0.05) is 37.2 Å². The third kappa shape index (κ3) is 3.23. The van der Waals surface area contributed by atoms with E-state index in [-0.39, 0.29) is 0 Å². The van der Waals surface area contributed by atoms with Crippen molar-refractivity contribution in [2.45, 2.75) is 25.9 Å². The first-order valence-electron chi connectivity index (χ1n) is 8.49. The number of nitrogens with zero attached hydrogens (tertiary/aromatic N) is 4. The van der Waals surface area contributed by atoms with Gasteiger partial charge in [-0.25, -0.2) is 4.98 Å². The molecule has 0 spiro atoms. The first-order chi connectivity index (χ1) is 11.8. The molecule has 2 aromatic rings. The Hall–Kier alpha value is -2.47. The molecule has 0 saturated carbocycles. The Bertz CT molecular complexity index is 757. The van der Waals surface area contributed by atoms with Crippen LogP contribution in [-0.2, 0) is 6.54 Å². The second kappa shape index (κ2) is 6.57. The lowest BCUT2D eigenvalue weighted by atomic mass is 10.1. The summed E-state index contributed by atoms with van der Waals surface area (Å²) in [6.07, 6.45) is 4.86. The Morgan fingerprint density at radius 2 is 2.25 bits per heavy atom. The number of hydrogen-bond acceptors (Lipinski definition) is 6. The maximum atomic E-state index is 4.70. The molecule has 0 bridgehead atoms. The first-order valence-corrected chi connectivity index (χ1v) is 8.49. The average Bonchev–Trinajstić information content (AvgIpc) is 2.94. The maximum Gasteiger partial charge on any atom is 0.227 e. The Balaban J connectivity index is 1.53. The van der Waals surface area contributed by atoms with Crippen molar-refractivity contribution in [2.24, 2.45) is 4.99 Å². The second-order valence-corrected chi connectivity index (χ2v) is 6.41. The summed E-state index contributed by atoms with van der Waals surface area (Å²) in [6, 6.07) is 8.67. The lowest BCUT2D eigenvalue weighted by Gasteiger charge is -2.22. The second-order valence-electron chi connectivity index (χ2n) is 6.41. The van der Waals surface area contributed by atoms with Gasteiger partial charge in [0.2, 0.25) is 5.95 Å². The number of anilines is 3. The zero-order valence-electron chi connectivity index (χ0n) is 13.9. The predicted octanol–water partition coefficient (Wildman–Crippen LogP) is 2.34. The smallest absolute Gasteiger partial charge is 0.227 e. The van der Waals surface area contributed by atoms with Crippen molar-refractivity contribution in [3.8, 4) is 0 Å². The van der Waals surface area contributed by atoms with E-state index in [0.717, 1.165) is 50.1 Å². The molecule has 6 heteroatoms. The van der Waals surface area contributed by atoms with E-state index >= 15 is 0 Å². The number of benzene rings is 1. The van der Waals surface area contributed by atoms with E-state index in [9.17, 15) is 0 Å². The fourth-order valence-corrected chi connectivity index (χ4v) is 3.18. The van der Waals surface area contributed by atoms with Crippen LogP contribution in [0.2, 0.25) is 0 Å². The number of fused-ring (bicyclic) bond motifs is 1. The lowest BCUT2D eigenvalue weighted by Crippen LogP contribution is -2.36. The SMILES string of the molecule is CC1CN(c2nccc(Nc3ccc4c(c3)C=NC4)n2)CCCN1. The molecule has 1 aromatic carbocycles. The van der Waals surface area contributed by atoms with Gasteiger partial charge in [0.15, 0.2) is 0 Å². The molecule has 0 amide bonds. The molecule has 6 nitrogen and oxygen atoms in total. The fraction of sp³-hybridized carbons (Fsp3) is 0.389. The highest BCUT2D eigenvalue weighted by molar-refractivity contribution is 5.86. The molecule has 1 aromatic heterocycles. The molecule has 0 radical (unpaired) electrons. The zero-order chi connectivity index (χ0) is 16.4. The highest BCUT2D eigenvalue weighted by Crippen LogP contribution is 2.22. The Morgan fingerprint density at radius 1 is 1.29 bits per heavy atom. The van der Waals surface area contributed by atoms with Crippen molar-refractivity contribution in [2.75, 3.05) is 29.9 Å². The van der Waals surface area contributed by atoms with Crippen molar-refractivity contribution in [3.63, 3.8) is 0 Å². The molecular formula is C18H22N6. The maximum absolute atomic E-state index is 4.70. The van der Waals surface area contributed by atoms with Crippen LogP contribution in [0.3, 0.4) is 0 Å². The van der Waals surface area contributed by atoms with Crippen molar-refractivity contribution in [1.29, 1.82) is 0 Å². The van der Waals surface area contributed by atoms with Gasteiger partial charge in [-0.2, -0.15) is 4.98 Å². The van der Waals surface area contributed by atoms with E-state index in [0.29, 0.717) is 6.04 Å². The van der Waals surface area contributed by atoms with Crippen LogP contribution in [0.15, 0.2) is 35.5 Å². The summed E-state index contributed by atoms with van der Waals surface area (Å²) in [6.45, 7) is 5.95. The van der Waals surface area contributed by atoms with Crippen LogP contribution in [0.25, 0.3) is 0 Å². The number of aromatic nitrogens is 2. The van der Waals surface area contributed by atoms with Crippen LogP contribution >= 0.6 is 0 Å². The predicted molar refractivity (Wildman–Crippen MR) is 97.3 cm³/mol. The van der Waals surface area contributed by atoms with E-state index in [1.807, 2.05) is 18.5 Å². The highest BCUT2D eigenvalue weighted by Gasteiger charge is 2.17. The number of aliphatic imine (C=N–C) groups is 1. The molecule has 1 saturated heterocycles. The van der Waals surface area contributed by atoms with Crippen LogP contribution in [0.5, 0.6) is 0 Å². The van der Waals surface area contributed by atoms with E-state index in [2.05, 4.69) is 50.6 Å². The molecule has 0 aliphatic carbocycles. The van der Waals surface area contributed by atoms with Crippen molar-refractivity contribution in [3.05, 3.63) is 41.6 Å². The molecule has 24 heavy (non-hydrogen) atoms. The third-order valence-electron chi connectivity index (χ3n) is 4.43. The highest BCUT2D eigenvalue weighted by atomic mass is 15.3. The Kier molecular flexibility index (Phi) is 4.13. The molecule has 2 aliphatic rings. The summed E-state index contributed by atoms with van der Waals surface area (Å²) < 4.78 is 0. The molecule has 124 valence electrons. The summed E-state index contributed by atoms with van der Waals surface area (Å²) >= 11 is 0. The first kappa shape index (κ1) is 15.1. The molecular weight excluding hydrogens is 300 g/mol. The molecule has 1 fully saturated rings. The van der Waals surface area contributed by atoms with Crippen LogP contribution in [0.1, 0.15) is 24.5 Å². The summed E-state index contributed by atoms with van der Waals surface area (Å²) in [5, 5.41) is 6.88. The van der Waals surface area contributed by atoms with Gasteiger partial charge < -0.3 is 15.5 Å². The fourth-order valence-electron chi connectivity index (χ4n) is 3.18. The van der Waals surface area contributed by atoms with E-state index < -0.39 is 0 Å². The van der Waals surface area contributed by atoms with Gasteiger partial charge in [-0.05, 0) is 49.2 Å². The van der Waals surface area contributed by atoms with Crippen molar-refractivity contribution >= 4 is 23.7 Å². The third-order valence-corrected chi connectivity index (χ3v) is 4.43. The normalized spacial score (nSPS) is 19.9. The van der Waals surface area contributed by atoms with E-state index in [1.54, 1.807) is 0 Å². The largest absolute Gasteiger partial charge is 0.340 e. The minimum Gasteiger partial charge on any atom is -0.340 e. The number of rotatable bonds is 3. The zero-order valence-corrected chi connectivity index (χ0v) is 13.9. The van der Waals surface area contributed by atoms with Crippen LogP contribution in [0.4, 0.5) is 17.5 Å². The van der Waals surface area contributed by atoms with Gasteiger partial charge in [0.05, 0.1) is 6.54 Å². The number of hydrogen-bond donors (Lipinski definition) is 2. The molecule has 2 N–H and O–H groups in total. The standard InChI is InChI=1S/C18H22N6/c1-13-12-24(8-2-6-20-13)18-21-7-5-17(23-18)22-16-4-3-14-10-19-11-15(14)9-16/h3-5,7,9,11,13,20H,2,6,8,10,12H2,1H3,(H,21,22,23). The summed E-state index contributed by atoms with van der Waals surface area (Å²) in [7, 11) is 0. The molecule has 3 heterocycles. The van der Waals surface area contributed by atoms with Gasteiger partial charge in [0.25, 0.3) is 0 Å².